The van der Waals surface area contributed by atoms with Crippen LogP contribution in [0.1, 0.15) is 34.1 Å². The van der Waals surface area contributed by atoms with Gasteiger partial charge in [0.1, 0.15) is 0 Å². The van der Waals surface area contributed by atoms with Gasteiger partial charge in [0.05, 0.1) is 6.61 Å². The van der Waals surface area contributed by atoms with Crippen molar-refractivity contribution in [1.82, 2.24) is 4.90 Å². The Labute approximate surface area is 83.3 Å². The van der Waals surface area contributed by atoms with Gasteiger partial charge in [-0.2, -0.15) is 0 Å². The Balaban J connectivity index is 0.000000671. The van der Waals surface area contributed by atoms with Crippen LogP contribution in [0.3, 0.4) is 0 Å². The van der Waals surface area contributed by atoms with Crippen LogP contribution in [0.25, 0.3) is 0 Å². The molecule has 0 saturated carbocycles. The van der Waals surface area contributed by atoms with Crippen LogP contribution >= 0.6 is 0 Å². The molecule has 0 N–H and O–H groups in total. The topological polar surface area (TPSA) is 12.5 Å². The van der Waals surface area contributed by atoms with Crippen LogP contribution in [0.2, 0.25) is 0 Å². The first-order valence-electron chi connectivity index (χ1n) is 5.51. The van der Waals surface area contributed by atoms with Crippen molar-refractivity contribution in [2.45, 2.75) is 40.2 Å². The lowest BCUT2D eigenvalue weighted by Gasteiger charge is -2.17. The third kappa shape index (κ3) is 4.10. The van der Waals surface area contributed by atoms with Crippen molar-refractivity contribution in [1.29, 1.82) is 0 Å². The lowest BCUT2D eigenvalue weighted by molar-refractivity contribution is 0.154. The molecule has 1 rings (SSSR count). The van der Waals surface area contributed by atoms with Gasteiger partial charge in [0.2, 0.25) is 0 Å². The number of ether oxygens (including phenoxy) is 1. The zero-order valence-corrected chi connectivity index (χ0v) is 9.84. The molecule has 0 radical (unpaired) electrons. The summed E-state index contributed by atoms with van der Waals surface area (Å²) in [6, 6.07) is 0.764. The Kier molecular flexibility index (Phi) is 7.29. The van der Waals surface area contributed by atoms with E-state index in [0.717, 1.165) is 18.6 Å². The quantitative estimate of drug-likeness (QED) is 0.672. The SMILES string of the molecule is CC.CCN1CC(COC)C[C@H]1C. The predicted octanol–water partition coefficient (Wildman–Crippen LogP) is 2.39. The molecule has 2 heteroatoms. The lowest BCUT2D eigenvalue weighted by Crippen LogP contribution is -2.26. The molecular formula is C11H25NO. The van der Waals surface area contributed by atoms with Gasteiger partial charge >= 0.3 is 0 Å². The molecule has 0 amide bonds. The van der Waals surface area contributed by atoms with E-state index in [9.17, 15) is 0 Å². The number of nitrogens with zero attached hydrogens (tertiary/aromatic N) is 1. The molecule has 2 nitrogen and oxygen atoms in total. The largest absolute Gasteiger partial charge is 0.384 e. The molecule has 0 aromatic rings. The standard InChI is InChI=1S/C9H19NO.C2H6/c1-4-10-6-9(7-11-3)5-8(10)2;1-2/h8-9H,4-7H2,1-3H3;1-2H3/t8-,9?;/m1./s1. The second kappa shape index (κ2) is 7.34. The highest BCUT2D eigenvalue weighted by Crippen LogP contribution is 2.22. The zero-order valence-electron chi connectivity index (χ0n) is 9.84. The fourth-order valence-corrected chi connectivity index (χ4v) is 2.01. The fourth-order valence-electron chi connectivity index (χ4n) is 2.01. The molecule has 0 aliphatic carbocycles. The van der Waals surface area contributed by atoms with Crippen molar-refractivity contribution in [2.24, 2.45) is 5.92 Å². The number of likely N-dealkylation sites (tertiary alicyclic amines) is 1. The summed E-state index contributed by atoms with van der Waals surface area (Å²) in [6.07, 6.45) is 1.31. The van der Waals surface area contributed by atoms with Crippen molar-refractivity contribution in [3.63, 3.8) is 0 Å². The molecule has 0 spiro atoms. The van der Waals surface area contributed by atoms with Crippen molar-refractivity contribution >= 4 is 0 Å². The smallest absolute Gasteiger partial charge is 0.0503 e. The van der Waals surface area contributed by atoms with Crippen molar-refractivity contribution in [3.05, 3.63) is 0 Å². The van der Waals surface area contributed by atoms with Crippen molar-refractivity contribution in [2.75, 3.05) is 26.8 Å². The monoisotopic (exact) mass is 187 g/mol. The van der Waals surface area contributed by atoms with Crippen LogP contribution in [0, 0.1) is 5.92 Å². The summed E-state index contributed by atoms with van der Waals surface area (Å²) >= 11 is 0. The molecule has 13 heavy (non-hydrogen) atoms. The molecular weight excluding hydrogens is 162 g/mol. The van der Waals surface area contributed by atoms with Gasteiger partial charge in [0, 0.05) is 19.7 Å². The third-order valence-corrected chi connectivity index (χ3v) is 2.60. The minimum absolute atomic E-state index is 0.764. The third-order valence-electron chi connectivity index (χ3n) is 2.60. The van der Waals surface area contributed by atoms with Gasteiger partial charge in [-0.1, -0.05) is 20.8 Å². The Bertz CT molecular complexity index is 117. The average molecular weight is 187 g/mol. The molecule has 1 saturated heterocycles. The number of methoxy groups -OCH3 is 1. The highest BCUT2D eigenvalue weighted by molar-refractivity contribution is 4.81. The summed E-state index contributed by atoms with van der Waals surface area (Å²) < 4.78 is 5.14. The van der Waals surface area contributed by atoms with Crippen LogP contribution < -0.4 is 0 Å². The molecule has 0 bridgehead atoms. The van der Waals surface area contributed by atoms with Crippen molar-refractivity contribution in [3.8, 4) is 0 Å². The van der Waals surface area contributed by atoms with E-state index in [1.54, 1.807) is 7.11 Å². The first-order valence-corrected chi connectivity index (χ1v) is 5.51. The molecule has 0 aromatic carbocycles. The Hall–Kier alpha value is -0.0800. The average Bonchev–Trinajstić information content (AvgIpc) is 2.50. The van der Waals surface area contributed by atoms with Gasteiger partial charge < -0.3 is 9.64 Å². The molecule has 2 atom stereocenters. The summed E-state index contributed by atoms with van der Waals surface area (Å²) in [4.78, 5) is 2.52. The van der Waals surface area contributed by atoms with Crippen LogP contribution in [-0.2, 0) is 4.74 Å². The normalized spacial score (nSPS) is 28.4. The Morgan fingerprint density at radius 2 is 2.00 bits per heavy atom. The number of hydrogen-bond acceptors (Lipinski definition) is 2. The molecule has 1 aliphatic rings. The number of rotatable bonds is 3. The predicted molar refractivity (Wildman–Crippen MR) is 58.0 cm³/mol. The summed E-state index contributed by atoms with van der Waals surface area (Å²) in [5.41, 5.74) is 0. The van der Waals surface area contributed by atoms with Crippen LogP contribution in [0.4, 0.5) is 0 Å². The molecule has 1 unspecified atom stereocenters. The molecule has 1 fully saturated rings. The summed E-state index contributed by atoms with van der Waals surface area (Å²) in [5, 5.41) is 0. The van der Waals surface area contributed by atoms with Crippen LogP contribution in [0.5, 0.6) is 0 Å². The van der Waals surface area contributed by atoms with Crippen LogP contribution in [0.15, 0.2) is 0 Å². The van der Waals surface area contributed by atoms with Gasteiger partial charge in [-0.25, -0.2) is 0 Å². The fraction of sp³-hybridized carbons (Fsp3) is 1.00. The maximum absolute atomic E-state index is 5.14. The number of hydrogen-bond donors (Lipinski definition) is 0. The van der Waals surface area contributed by atoms with E-state index in [1.165, 1.54) is 19.5 Å². The maximum atomic E-state index is 5.14. The van der Waals surface area contributed by atoms with Gasteiger partial charge in [0.25, 0.3) is 0 Å². The van der Waals surface area contributed by atoms with Gasteiger partial charge in [-0.05, 0) is 25.8 Å². The first-order chi connectivity index (χ1) is 6.27. The molecule has 1 heterocycles. The van der Waals surface area contributed by atoms with E-state index in [1.807, 2.05) is 13.8 Å². The first kappa shape index (κ1) is 12.9. The van der Waals surface area contributed by atoms with Crippen LogP contribution in [-0.4, -0.2) is 37.7 Å². The van der Waals surface area contributed by atoms with E-state index in [-0.39, 0.29) is 0 Å². The molecule has 1 aliphatic heterocycles. The Morgan fingerprint density at radius 1 is 1.38 bits per heavy atom. The zero-order chi connectivity index (χ0) is 10.3. The van der Waals surface area contributed by atoms with E-state index < -0.39 is 0 Å². The highest BCUT2D eigenvalue weighted by atomic mass is 16.5. The van der Waals surface area contributed by atoms with Crippen molar-refractivity contribution < 1.29 is 4.74 Å². The lowest BCUT2D eigenvalue weighted by atomic mass is 10.1. The van der Waals surface area contributed by atoms with Gasteiger partial charge in [-0.15, -0.1) is 0 Å². The summed E-state index contributed by atoms with van der Waals surface area (Å²) in [5.74, 6) is 0.773. The highest BCUT2D eigenvalue weighted by Gasteiger charge is 2.27. The second-order valence-electron chi connectivity index (χ2n) is 3.49. The molecule has 80 valence electrons. The van der Waals surface area contributed by atoms with Gasteiger partial charge in [0.15, 0.2) is 0 Å². The minimum atomic E-state index is 0.764. The molecule has 0 aromatic heterocycles. The van der Waals surface area contributed by atoms with E-state index >= 15 is 0 Å². The van der Waals surface area contributed by atoms with Gasteiger partial charge in [-0.3, -0.25) is 0 Å². The minimum Gasteiger partial charge on any atom is -0.384 e. The van der Waals surface area contributed by atoms with E-state index in [2.05, 4.69) is 18.7 Å². The summed E-state index contributed by atoms with van der Waals surface area (Å²) in [6.45, 7) is 11.9. The second-order valence-corrected chi connectivity index (χ2v) is 3.49. The Morgan fingerprint density at radius 3 is 2.38 bits per heavy atom. The summed E-state index contributed by atoms with van der Waals surface area (Å²) in [7, 11) is 1.79. The van der Waals surface area contributed by atoms with E-state index in [0.29, 0.717) is 0 Å². The van der Waals surface area contributed by atoms with E-state index in [4.69, 9.17) is 4.74 Å². The maximum Gasteiger partial charge on any atom is 0.0503 e.